The number of aryl methyl sites for hydroxylation is 1. The van der Waals surface area contributed by atoms with Crippen molar-refractivity contribution in [3.05, 3.63) is 28.6 Å². The van der Waals surface area contributed by atoms with Crippen molar-refractivity contribution in [2.24, 2.45) is 0 Å². The van der Waals surface area contributed by atoms with Crippen molar-refractivity contribution in [2.45, 2.75) is 39.7 Å². The van der Waals surface area contributed by atoms with Crippen LogP contribution in [0.5, 0.6) is 0 Å². The van der Waals surface area contributed by atoms with E-state index in [1.54, 1.807) is 6.07 Å². The van der Waals surface area contributed by atoms with E-state index in [1.807, 2.05) is 20.8 Å². The van der Waals surface area contributed by atoms with Gasteiger partial charge in [0.2, 0.25) is 5.76 Å². The van der Waals surface area contributed by atoms with E-state index in [0.29, 0.717) is 18.1 Å². The Labute approximate surface area is 128 Å². The van der Waals surface area contributed by atoms with Crippen LogP contribution in [0, 0.1) is 20.8 Å². The van der Waals surface area contributed by atoms with Crippen LogP contribution in [0.2, 0.25) is 0 Å². The van der Waals surface area contributed by atoms with E-state index in [-0.39, 0.29) is 17.7 Å². The molecule has 1 amide bonds. The Morgan fingerprint density at radius 3 is 2.82 bits per heavy atom. The standard InChI is InChI=1S/C16H20N2O4/c1-9-10(2)15(21-11(9)3)14-7-13(18-22-14)16(19)17-8-12-5-4-6-20-12/h7,12H,4-6,8H2,1-3H3,(H,17,19). The molecule has 6 heteroatoms. The lowest BCUT2D eigenvalue weighted by Crippen LogP contribution is -2.31. The van der Waals surface area contributed by atoms with Gasteiger partial charge in [0, 0.05) is 24.8 Å². The van der Waals surface area contributed by atoms with E-state index in [4.69, 9.17) is 13.7 Å². The van der Waals surface area contributed by atoms with Crippen molar-refractivity contribution >= 4 is 5.91 Å². The minimum Gasteiger partial charge on any atom is -0.457 e. The van der Waals surface area contributed by atoms with Crippen LogP contribution < -0.4 is 5.32 Å². The second-order valence-corrected chi connectivity index (χ2v) is 5.66. The summed E-state index contributed by atoms with van der Waals surface area (Å²) in [5, 5.41) is 6.65. The molecule has 1 aliphatic heterocycles. The van der Waals surface area contributed by atoms with Gasteiger partial charge in [-0.15, -0.1) is 0 Å². The second kappa shape index (κ2) is 5.96. The molecule has 1 atom stereocenters. The minimum absolute atomic E-state index is 0.105. The van der Waals surface area contributed by atoms with Gasteiger partial charge in [0.1, 0.15) is 5.76 Å². The zero-order valence-corrected chi connectivity index (χ0v) is 13.1. The van der Waals surface area contributed by atoms with Crippen LogP contribution in [-0.4, -0.2) is 30.3 Å². The molecule has 1 unspecified atom stereocenters. The third-order valence-corrected chi connectivity index (χ3v) is 4.17. The molecule has 1 aliphatic rings. The van der Waals surface area contributed by atoms with Crippen LogP contribution in [0.1, 0.15) is 40.2 Å². The first-order valence-corrected chi connectivity index (χ1v) is 7.49. The molecule has 3 rings (SSSR count). The predicted octanol–water partition coefficient (Wildman–Crippen LogP) is 2.77. The maximum atomic E-state index is 12.1. The van der Waals surface area contributed by atoms with E-state index < -0.39 is 0 Å². The number of amides is 1. The molecule has 0 spiro atoms. The van der Waals surface area contributed by atoms with Crippen LogP contribution in [-0.2, 0) is 4.74 Å². The molecule has 0 aliphatic carbocycles. The summed E-state index contributed by atoms with van der Waals surface area (Å²) < 4.78 is 16.4. The van der Waals surface area contributed by atoms with Gasteiger partial charge < -0.3 is 19.0 Å². The van der Waals surface area contributed by atoms with Crippen molar-refractivity contribution in [1.29, 1.82) is 0 Å². The summed E-state index contributed by atoms with van der Waals surface area (Å²) in [5.41, 5.74) is 2.33. The van der Waals surface area contributed by atoms with Gasteiger partial charge in [0.25, 0.3) is 5.91 Å². The van der Waals surface area contributed by atoms with Gasteiger partial charge in [-0.2, -0.15) is 0 Å². The Bertz CT molecular complexity index is 680. The van der Waals surface area contributed by atoms with Crippen LogP contribution in [0.3, 0.4) is 0 Å². The molecule has 118 valence electrons. The predicted molar refractivity (Wildman–Crippen MR) is 79.7 cm³/mol. The molecule has 0 radical (unpaired) electrons. The second-order valence-electron chi connectivity index (χ2n) is 5.66. The molecule has 0 saturated carbocycles. The third-order valence-electron chi connectivity index (χ3n) is 4.17. The Balaban J connectivity index is 1.70. The third kappa shape index (κ3) is 2.78. The number of nitrogens with one attached hydrogen (secondary N) is 1. The van der Waals surface area contributed by atoms with E-state index in [9.17, 15) is 4.79 Å². The molecule has 1 fully saturated rings. The zero-order valence-electron chi connectivity index (χ0n) is 13.1. The van der Waals surface area contributed by atoms with Gasteiger partial charge in [-0.1, -0.05) is 5.16 Å². The first-order chi connectivity index (χ1) is 10.6. The Kier molecular flexibility index (Phi) is 4.02. The fourth-order valence-electron chi connectivity index (χ4n) is 2.57. The molecular weight excluding hydrogens is 284 g/mol. The topological polar surface area (TPSA) is 77.5 Å². The zero-order chi connectivity index (χ0) is 15.7. The van der Waals surface area contributed by atoms with Crippen LogP contribution >= 0.6 is 0 Å². The molecular formula is C16H20N2O4. The van der Waals surface area contributed by atoms with Crippen molar-refractivity contribution < 1.29 is 18.5 Å². The molecule has 1 saturated heterocycles. The summed E-state index contributed by atoms with van der Waals surface area (Å²) in [6.45, 7) is 7.12. The summed E-state index contributed by atoms with van der Waals surface area (Å²) in [5.74, 6) is 1.67. The molecule has 3 heterocycles. The van der Waals surface area contributed by atoms with Gasteiger partial charge >= 0.3 is 0 Å². The molecule has 1 N–H and O–H groups in total. The van der Waals surface area contributed by atoms with Crippen molar-refractivity contribution in [2.75, 3.05) is 13.2 Å². The summed E-state index contributed by atoms with van der Waals surface area (Å²) in [4.78, 5) is 12.1. The monoisotopic (exact) mass is 304 g/mol. The van der Waals surface area contributed by atoms with E-state index in [2.05, 4.69) is 10.5 Å². The highest BCUT2D eigenvalue weighted by Gasteiger charge is 2.21. The van der Waals surface area contributed by atoms with Crippen LogP contribution in [0.25, 0.3) is 11.5 Å². The van der Waals surface area contributed by atoms with Gasteiger partial charge in [-0.25, -0.2) is 0 Å². The smallest absolute Gasteiger partial charge is 0.273 e. The number of carbonyl (C=O) groups excluding carboxylic acids is 1. The highest BCUT2D eigenvalue weighted by Crippen LogP contribution is 2.30. The van der Waals surface area contributed by atoms with Crippen molar-refractivity contribution in [3.8, 4) is 11.5 Å². The van der Waals surface area contributed by atoms with Crippen LogP contribution in [0.4, 0.5) is 0 Å². The number of carbonyl (C=O) groups is 1. The molecule has 2 aromatic rings. The fourth-order valence-corrected chi connectivity index (χ4v) is 2.57. The molecule has 6 nitrogen and oxygen atoms in total. The summed E-state index contributed by atoms with van der Waals surface area (Å²) in [7, 11) is 0. The number of rotatable bonds is 4. The fraction of sp³-hybridized carbons (Fsp3) is 0.500. The average molecular weight is 304 g/mol. The number of ether oxygens (including phenoxy) is 1. The Morgan fingerprint density at radius 2 is 2.18 bits per heavy atom. The number of furan rings is 1. The lowest BCUT2D eigenvalue weighted by molar-refractivity contribution is 0.0850. The van der Waals surface area contributed by atoms with Gasteiger partial charge in [0.05, 0.1) is 6.10 Å². The van der Waals surface area contributed by atoms with E-state index >= 15 is 0 Å². The highest BCUT2D eigenvalue weighted by molar-refractivity contribution is 5.93. The average Bonchev–Trinajstić information content (AvgIpc) is 3.23. The molecule has 2 aromatic heterocycles. The van der Waals surface area contributed by atoms with Gasteiger partial charge in [-0.05, 0) is 39.2 Å². The molecule has 22 heavy (non-hydrogen) atoms. The summed E-state index contributed by atoms with van der Waals surface area (Å²) in [6, 6.07) is 1.61. The van der Waals surface area contributed by atoms with Crippen molar-refractivity contribution in [3.63, 3.8) is 0 Å². The number of nitrogens with zero attached hydrogens (tertiary/aromatic N) is 1. The lowest BCUT2D eigenvalue weighted by Gasteiger charge is -2.09. The van der Waals surface area contributed by atoms with E-state index in [0.717, 1.165) is 36.3 Å². The minimum atomic E-state index is -0.261. The van der Waals surface area contributed by atoms with Crippen LogP contribution in [0.15, 0.2) is 15.0 Å². The summed E-state index contributed by atoms with van der Waals surface area (Å²) in [6.07, 6.45) is 2.13. The largest absolute Gasteiger partial charge is 0.457 e. The van der Waals surface area contributed by atoms with Crippen molar-refractivity contribution in [1.82, 2.24) is 10.5 Å². The lowest BCUT2D eigenvalue weighted by atomic mass is 10.1. The maximum absolute atomic E-state index is 12.1. The normalized spacial score (nSPS) is 17.9. The molecule has 0 bridgehead atoms. The van der Waals surface area contributed by atoms with Gasteiger partial charge in [-0.3, -0.25) is 4.79 Å². The Hall–Kier alpha value is -2.08. The summed E-state index contributed by atoms with van der Waals surface area (Å²) >= 11 is 0. The molecule has 0 aromatic carbocycles. The number of hydrogen-bond acceptors (Lipinski definition) is 5. The number of aromatic nitrogens is 1. The highest BCUT2D eigenvalue weighted by atomic mass is 16.5. The maximum Gasteiger partial charge on any atom is 0.273 e. The Morgan fingerprint density at radius 1 is 1.36 bits per heavy atom. The SMILES string of the molecule is Cc1oc(-c2cc(C(=O)NCC3CCCO3)no2)c(C)c1C. The quantitative estimate of drug-likeness (QED) is 0.939. The van der Waals surface area contributed by atoms with Gasteiger partial charge in [0.15, 0.2) is 11.5 Å². The first kappa shape index (κ1) is 14.8. The van der Waals surface area contributed by atoms with E-state index in [1.165, 1.54) is 0 Å². The first-order valence-electron chi connectivity index (χ1n) is 7.49. The number of hydrogen-bond donors (Lipinski definition) is 1.